The van der Waals surface area contributed by atoms with Gasteiger partial charge in [0.05, 0.1) is 44.2 Å². The van der Waals surface area contributed by atoms with Gasteiger partial charge in [-0.15, -0.1) is 0 Å². The maximum Gasteiger partial charge on any atom is 0.251 e. The van der Waals surface area contributed by atoms with Crippen LogP contribution in [0.5, 0.6) is 0 Å². The predicted octanol–water partition coefficient (Wildman–Crippen LogP) is -1.32. The van der Waals surface area contributed by atoms with Crippen LogP contribution in [0.4, 0.5) is 11.4 Å². The second-order valence-corrected chi connectivity index (χ2v) is 8.52. The highest BCUT2D eigenvalue weighted by Crippen LogP contribution is 2.31. The van der Waals surface area contributed by atoms with Gasteiger partial charge in [0, 0.05) is 41.9 Å². The number of amides is 1. The first-order chi connectivity index (χ1) is 15.1. The molecule has 3 rings (SSSR count). The Labute approximate surface area is 186 Å². The van der Waals surface area contributed by atoms with Crippen molar-refractivity contribution in [3.63, 3.8) is 0 Å². The molecule has 31 heavy (non-hydrogen) atoms. The van der Waals surface area contributed by atoms with Crippen LogP contribution >= 0.6 is 11.8 Å². The van der Waals surface area contributed by atoms with Crippen molar-refractivity contribution >= 4 is 35.0 Å². The highest BCUT2D eigenvalue weighted by molar-refractivity contribution is 8.00. The summed E-state index contributed by atoms with van der Waals surface area (Å²) < 4.78 is 10.6. The number of nitrogens with zero attached hydrogens (tertiary/aromatic N) is 1. The quantitative estimate of drug-likeness (QED) is 0.108. The smallest absolute Gasteiger partial charge is 0.251 e. The minimum Gasteiger partial charge on any atom is -0.399 e. The summed E-state index contributed by atoms with van der Waals surface area (Å²) in [6.45, 7) is 3.45. The second kappa shape index (κ2) is 12.0. The Morgan fingerprint density at radius 1 is 1.19 bits per heavy atom. The first kappa shape index (κ1) is 23.4. The lowest BCUT2D eigenvalue weighted by Crippen LogP contribution is -2.40. The maximum atomic E-state index is 12.4. The number of nitrogen functional groups attached to an aromatic ring is 1. The van der Waals surface area contributed by atoms with Crippen molar-refractivity contribution in [2.45, 2.75) is 17.3 Å². The molecule has 1 saturated heterocycles. The van der Waals surface area contributed by atoms with Crippen LogP contribution in [0, 0.1) is 0 Å². The summed E-state index contributed by atoms with van der Waals surface area (Å²) in [4.78, 5) is 16.9. The maximum absolute atomic E-state index is 12.4. The summed E-state index contributed by atoms with van der Waals surface area (Å²) in [5, 5.41) is 6.33. The number of rotatable bonds is 13. The number of nitrogens with one attached hydrogen (secondary N) is 4. The molecule has 1 aromatic rings. The summed E-state index contributed by atoms with van der Waals surface area (Å²) in [6, 6.07) is 5.64. The average molecular weight is 453 g/mol. The van der Waals surface area contributed by atoms with E-state index < -0.39 is 0 Å². The van der Waals surface area contributed by atoms with Crippen molar-refractivity contribution in [2.24, 2.45) is 16.5 Å². The van der Waals surface area contributed by atoms with E-state index in [9.17, 15) is 4.79 Å². The molecule has 0 spiro atoms. The summed E-state index contributed by atoms with van der Waals surface area (Å²) in [5.41, 5.74) is 25.1. The number of hydrogen-bond donors (Lipinski definition) is 7. The Bertz CT molecular complexity index is 766. The molecule has 1 aromatic carbocycles. The molecule has 11 nitrogen and oxygen atoms in total. The zero-order chi connectivity index (χ0) is 22.1. The van der Waals surface area contributed by atoms with E-state index in [4.69, 9.17) is 26.7 Å². The van der Waals surface area contributed by atoms with Crippen LogP contribution in [0.15, 0.2) is 23.2 Å². The Morgan fingerprint density at radius 3 is 2.81 bits per heavy atom. The van der Waals surface area contributed by atoms with Crippen LogP contribution in [-0.4, -0.2) is 81.0 Å². The molecule has 1 fully saturated rings. The molecule has 0 saturated carbocycles. The van der Waals surface area contributed by atoms with Gasteiger partial charge in [0.25, 0.3) is 5.91 Å². The SMILES string of the molecule is NCCOCCOCCNC(=O)c1cc(N)cc(NNC[C@@H]2SC[C@@H]3NC(N)=N[C@@H]32)c1. The van der Waals surface area contributed by atoms with Gasteiger partial charge in [-0.3, -0.25) is 4.79 Å². The molecule has 0 aliphatic carbocycles. The number of fused-ring (bicyclic) bond motifs is 1. The Morgan fingerprint density at radius 2 is 2.00 bits per heavy atom. The van der Waals surface area contributed by atoms with E-state index in [-0.39, 0.29) is 11.9 Å². The fourth-order valence-electron chi connectivity index (χ4n) is 3.40. The number of aliphatic imine (C=N–C) groups is 1. The third-order valence-electron chi connectivity index (χ3n) is 4.82. The fourth-order valence-corrected chi connectivity index (χ4v) is 4.79. The summed E-state index contributed by atoms with van der Waals surface area (Å²) >= 11 is 1.86. The zero-order valence-electron chi connectivity index (χ0n) is 17.4. The number of benzene rings is 1. The predicted molar refractivity (Wildman–Crippen MR) is 124 cm³/mol. The van der Waals surface area contributed by atoms with Crippen LogP contribution in [0.2, 0.25) is 0 Å². The third-order valence-corrected chi connectivity index (χ3v) is 6.25. The Hall–Kier alpha value is -2.25. The largest absolute Gasteiger partial charge is 0.399 e. The highest BCUT2D eigenvalue weighted by atomic mass is 32.2. The van der Waals surface area contributed by atoms with E-state index in [0.717, 1.165) is 5.75 Å². The molecule has 2 heterocycles. The van der Waals surface area contributed by atoms with Crippen LogP contribution < -0.4 is 38.7 Å². The number of ether oxygens (including phenoxy) is 2. The first-order valence-electron chi connectivity index (χ1n) is 10.3. The van der Waals surface area contributed by atoms with E-state index in [0.29, 0.717) is 80.3 Å². The van der Waals surface area contributed by atoms with Crippen molar-refractivity contribution in [3.05, 3.63) is 23.8 Å². The van der Waals surface area contributed by atoms with E-state index in [1.54, 1.807) is 18.2 Å². The Kier molecular flexibility index (Phi) is 9.03. The number of carbonyl (C=O) groups is 1. The highest BCUT2D eigenvalue weighted by Gasteiger charge is 2.40. The van der Waals surface area contributed by atoms with Gasteiger partial charge in [0.1, 0.15) is 0 Å². The van der Waals surface area contributed by atoms with Gasteiger partial charge in [-0.1, -0.05) is 0 Å². The van der Waals surface area contributed by atoms with E-state index in [2.05, 4.69) is 26.5 Å². The van der Waals surface area contributed by atoms with Gasteiger partial charge in [-0.25, -0.2) is 10.4 Å². The van der Waals surface area contributed by atoms with E-state index in [1.807, 2.05) is 11.8 Å². The van der Waals surface area contributed by atoms with Gasteiger partial charge >= 0.3 is 0 Å². The van der Waals surface area contributed by atoms with Crippen molar-refractivity contribution in [3.8, 4) is 0 Å². The first-order valence-corrected chi connectivity index (χ1v) is 11.4. The third kappa shape index (κ3) is 7.14. The van der Waals surface area contributed by atoms with Gasteiger partial charge in [-0.05, 0) is 18.2 Å². The number of hydrogen-bond acceptors (Lipinski definition) is 11. The zero-order valence-corrected chi connectivity index (χ0v) is 18.2. The monoisotopic (exact) mass is 452 g/mol. The number of guanidine groups is 1. The standard InChI is InChI=1S/C19H32N8O3S/c20-1-3-29-5-6-30-4-2-23-18(28)12-7-13(21)9-14(8-12)27-24-10-16-17-15(11-31-16)25-19(22)26-17/h7-9,15-17,24,27H,1-6,10-11,20-21H2,(H,23,28)(H3,22,25,26)/t15-,16-,17-/m0/s1. The molecule has 0 aromatic heterocycles. The van der Waals surface area contributed by atoms with Crippen molar-refractivity contribution in [1.29, 1.82) is 0 Å². The lowest BCUT2D eigenvalue weighted by Gasteiger charge is -2.17. The van der Waals surface area contributed by atoms with Crippen molar-refractivity contribution < 1.29 is 14.3 Å². The van der Waals surface area contributed by atoms with Crippen molar-refractivity contribution in [2.75, 3.05) is 63.0 Å². The second-order valence-electron chi connectivity index (χ2n) is 7.25. The molecule has 10 N–H and O–H groups in total. The number of anilines is 2. The fraction of sp³-hybridized carbons (Fsp3) is 0.579. The molecule has 172 valence electrons. The number of hydrazine groups is 1. The summed E-state index contributed by atoms with van der Waals surface area (Å²) in [5.74, 6) is 1.29. The number of thioether (sulfide) groups is 1. The van der Waals surface area contributed by atoms with Gasteiger partial charge in [-0.2, -0.15) is 11.8 Å². The van der Waals surface area contributed by atoms with Crippen LogP contribution in [0.3, 0.4) is 0 Å². The number of nitrogens with two attached hydrogens (primary N) is 3. The molecule has 3 atom stereocenters. The summed E-state index contributed by atoms with van der Waals surface area (Å²) in [6.07, 6.45) is 0. The van der Waals surface area contributed by atoms with Gasteiger partial charge in [0.15, 0.2) is 5.96 Å². The lowest BCUT2D eigenvalue weighted by molar-refractivity contribution is 0.0511. The minimum atomic E-state index is -0.214. The molecule has 0 bridgehead atoms. The van der Waals surface area contributed by atoms with E-state index >= 15 is 0 Å². The molecular formula is C19H32N8O3S. The minimum absolute atomic E-state index is 0.177. The topological polar surface area (TPSA) is 174 Å². The van der Waals surface area contributed by atoms with Gasteiger partial charge < -0.3 is 42.7 Å². The molecule has 1 amide bonds. The normalized spacial score (nSPS) is 22.0. The molecule has 12 heteroatoms. The molecule has 0 unspecified atom stereocenters. The molecular weight excluding hydrogens is 420 g/mol. The average Bonchev–Trinajstić information content (AvgIpc) is 3.29. The van der Waals surface area contributed by atoms with Crippen molar-refractivity contribution in [1.82, 2.24) is 16.1 Å². The van der Waals surface area contributed by atoms with Crippen LogP contribution in [0.1, 0.15) is 10.4 Å². The Balaban J connectivity index is 1.38. The van der Waals surface area contributed by atoms with Crippen LogP contribution in [-0.2, 0) is 9.47 Å². The summed E-state index contributed by atoms with van der Waals surface area (Å²) in [7, 11) is 0. The molecule has 0 radical (unpaired) electrons. The molecule has 2 aliphatic heterocycles. The lowest BCUT2D eigenvalue weighted by atomic mass is 10.1. The van der Waals surface area contributed by atoms with Gasteiger partial charge in [0.2, 0.25) is 0 Å². The number of carbonyl (C=O) groups excluding carboxylic acids is 1. The van der Waals surface area contributed by atoms with E-state index in [1.165, 1.54) is 0 Å². The molecule has 2 aliphatic rings. The van der Waals surface area contributed by atoms with Crippen LogP contribution in [0.25, 0.3) is 0 Å².